The zero-order valence-electron chi connectivity index (χ0n) is 27.8. The summed E-state index contributed by atoms with van der Waals surface area (Å²) in [6.07, 6.45) is 4.40. The Balaban J connectivity index is 1.10. The van der Waals surface area contributed by atoms with Crippen molar-refractivity contribution < 1.29 is 27.8 Å². The molecule has 10 nitrogen and oxygen atoms in total. The van der Waals surface area contributed by atoms with Crippen LogP contribution in [0.3, 0.4) is 0 Å². The first-order valence-corrected chi connectivity index (χ1v) is 16.2. The second-order valence-corrected chi connectivity index (χ2v) is 12.1. The zero-order chi connectivity index (χ0) is 33.6. The molecule has 252 valence electrons. The Morgan fingerprint density at radius 3 is 2.35 bits per heavy atom. The van der Waals surface area contributed by atoms with Gasteiger partial charge in [0.2, 0.25) is 17.6 Å². The monoisotopic (exact) mass is 655 g/mol. The maximum absolute atomic E-state index is 13.9. The molecule has 1 atom stereocenters. The van der Waals surface area contributed by atoms with E-state index in [1.807, 2.05) is 53.1 Å². The SMILES string of the molecule is COc1cc(C(=O)N(C)CC(CCN2CCC(Nc3nc4ccccc4n3-c3ccco3)CC2)c2ccc(F)cc2)cc(OC)c1OC. The molecule has 3 aromatic carbocycles. The number of furan rings is 1. The first-order valence-electron chi connectivity index (χ1n) is 16.2. The van der Waals surface area contributed by atoms with Crippen LogP contribution < -0.4 is 19.5 Å². The number of carbonyl (C=O) groups is 1. The van der Waals surface area contributed by atoms with E-state index in [1.54, 1.807) is 30.3 Å². The lowest BCUT2D eigenvalue weighted by atomic mass is 9.94. The van der Waals surface area contributed by atoms with Crippen LogP contribution in [-0.4, -0.2) is 85.9 Å². The number of para-hydroxylation sites is 2. The molecule has 2 aromatic heterocycles. The Labute approximate surface area is 280 Å². The molecule has 0 saturated carbocycles. The predicted molar refractivity (Wildman–Crippen MR) is 183 cm³/mol. The number of benzene rings is 3. The number of hydrogen-bond acceptors (Lipinski definition) is 8. The van der Waals surface area contributed by atoms with Crippen LogP contribution in [0, 0.1) is 5.82 Å². The number of rotatable bonds is 13. The molecule has 0 bridgehead atoms. The summed E-state index contributed by atoms with van der Waals surface area (Å²) < 4.78 is 38.0. The van der Waals surface area contributed by atoms with Gasteiger partial charge >= 0.3 is 0 Å². The summed E-state index contributed by atoms with van der Waals surface area (Å²) in [4.78, 5) is 22.7. The van der Waals surface area contributed by atoms with E-state index in [0.29, 0.717) is 29.4 Å². The van der Waals surface area contributed by atoms with Crippen molar-refractivity contribution in [2.45, 2.75) is 31.2 Å². The van der Waals surface area contributed by atoms with Crippen LogP contribution in [0.15, 0.2) is 83.5 Å². The van der Waals surface area contributed by atoms with E-state index in [2.05, 4.69) is 10.2 Å². The zero-order valence-corrected chi connectivity index (χ0v) is 27.8. The minimum absolute atomic E-state index is 0.00522. The average Bonchev–Trinajstić information content (AvgIpc) is 3.77. The Morgan fingerprint density at radius 2 is 1.71 bits per heavy atom. The van der Waals surface area contributed by atoms with E-state index in [9.17, 15) is 9.18 Å². The van der Waals surface area contributed by atoms with Crippen molar-refractivity contribution in [2.75, 3.05) is 59.9 Å². The number of ether oxygens (including phenoxy) is 3. The average molecular weight is 656 g/mol. The van der Waals surface area contributed by atoms with E-state index in [1.165, 1.54) is 33.5 Å². The number of piperidine rings is 1. The van der Waals surface area contributed by atoms with Crippen LogP contribution in [-0.2, 0) is 0 Å². The predicted octanol–water partition coefficient (Wildman–Crippen LogP) is 6.61. The van der Waals surface area contributed by atoms with Crippen LogP contribution in [0.2, 0.25) is 0 Å². The van der Waals surface area contributed by atoms with Gasteiger partial charge in [0.1, 0.15) is 5.82 Å². The highest BCUT2D eigenvalue weighted by atomic mass is 19.1. The summed E-state index contributed by atoms with van der Waals surface area (Å²) in [5.74, 6) is 2.32. The van der Waals surface area contributed by atoms with Crippen LogP contribution in [0.25, 0.3) is 16.9 Å². The van der Waals surface area contributed by atoms with Crippen molar-refractivity contribution >= 4 is 22.9 Å². The minimum atomic E-state index is -0.283. The maximum Gasteiger partial charge on any atom is 0.253 e. The minimum Gasteiger partial charge on any atom is -0.493 e. The summed E-state index contributed by atoms with van der Waals surface area (Å²) in [5, 5.41) is 3.68. The Kier molecular flexibility index (Phi) is 10.1. The number of carbonyl (C=O) groups excluding carboxylic acids is 1. The lowest BCUT2D eigenvalue weighted by molar-refractivity contribution is 0.0781. The topological polar surface area (TPSA) is 94.2 Å². The second-order valence-electron chi connectivity index (χ2n) is 12.1. The highest BCUT2D eigenvalue weighted by molar-refractivity contribution is 5.95. The van der Waals surface area contributed by atoms with Gasteiger partial charge in [-0.3, -0.25) is 4.79 Å². The molecule has 5 aromatic rings. The normalized spacial score (nSPS) is 14.5. The summed E-state index contributed by atoms with van der Waals surface area (Å²) >= 11 is 0. The molecule has 1 fully saturated rings. The number of amides is 1. The van der Waals surface area contributed by atoms with Crippen molar-refractivity contribution in [3.8, 4) is 23.1 Å². The van der Waals surface area contributed by atoms with Crippen LogP contribution in [0.1, 0.15) is 41.1 Å². The molecule has 0 spiro atoms. The number of nitrogens with zero attached hydrogens (tertiary/aromatic N) is 4. The molecule has 1 aliphatic heterocycles. The van der Waals surface area contributed by atoms with Gasteiger partial charge in [-0.15, -0.1) is 0 Å². The van der Waals surface area contributed by atoms with Gasteiger partial charge in [-0.2, -0.15) is 0 Å². The lowest BCUT2D eigenvalue weighted by Gasteiger charge is -2.34. The Bertz CT molecular complexity index is 1790. The highest BCUT2D eigenvalue weighted by Gasteiger charge is 2.26. The number of likely N-dealkylation sites (N-methyl/N-ethyl adjacent to an activating group) is 1. The van der Waals surface area contributed by atoms with Crippen molar-refractivity contribution in [1.29, 1.82) is 0 Å². The fourth-order valence-corrected chi connectivity index (χ4v) is 6.50. The third-order valence-electron chi connectivity index (χ3n) is 9.10. The summed E-state index contributed by atoms with van der Waals surface area (Å²) in [7, 11) is 6.36. The number of fused-ring (bicyclic) bond motifs is 1. The molecule has 3 heterocycles. The van der Waals surface area contributed by atoms with Crippen molar-refractivity contribution in [2.24, 2.45) is 0 Å². The molecular weight excluding hydrogens is 613 g/mol. The van der Waals surface area contributed by atoms with Gasteiger partial charge in [-0.05, 0) is 73.8 Å². The van der Waals surface area contributed by atoms with E-state index < -0.39 is 0 Å². The van der Waals surface area contributed by atoms with E-state index in [4.69, 9.17) is 23.6 Å². The summed E-state index contributed by atoms with van der Waals surface area (Å²) in [6.45, 7) is 3.16. The van der Waals surface area contributed by atoms with E-state index in [0.717, 1.165) is 67.3 Å². The van der Waals surface area contributed by atoms with Gasteiger partial charge in [-0.1, -0.05) is 24.3 Å². The molecule has 11 heteroatoms. The second kappa shape index (κ2) is 14.8. The molecule has 0 radical (unpaired) electrons. The van der Waals surface area contributed by atoms with E-state index >= 15 is 0 Å². The Morgan fingerprint density at radius 1 is 1.00 bits per heavy atom. The van der Waals surface area contributed by atoms with E-state index in [-0.39, 0.29) is 23.7 Å². The van der Waals surface area contributed by atoms with Gasteiger partial charge in [-0.25, -0.2) is 13.9 Å². The van der Waals surface area contributed by atoms with Crippen molar-refractivity contribution in [1.82, 2.24) is 19.4 Å². The number of imidazole rings is 1. The Hall–Kier alpha value is -5.03. The standard InChI is InChI=1S/C37H42FN5O5/c1-41(36(44)27-22-32(45-2)35(47-4)33(23-27)46-3)24-26(25-11-13-28(38)14-12-25)15-18-42-19-16-29(17-20-42)39-37-40-30-8-5-6-9-31(30)43(37)34-10-7-21-48-34/h5-14,21-23,26,29H,15-20,24H2,1-4H3,(H,39,40). The number of methoxy groups -OCH3 is 3. The van der Waals surface area contributed by atoms with Crippen molar-refractivity contribution in [3.63, 3.8) is 0 Å². The fourth-order valence-electron chi connectivity index (χ4n) is 6.50. The van der Waals surface area contributed by atoms with Gasteiger partial charge in [0.05, 0.1) is 38.6 Å². The van der Waals surface area contributed by atoms with Crippen LogP contribution >= 0.6 is 0 Å². The van der Waals surface area contributed by atoms with Gasteiger partial charge in [0.25, 0.3) is 5.91 Å². The number of likely N-dealkylation sites (tertiary alicyclic amines) is 1. The molecule has 6 rings (SSSR count). The molecule has 0 aliphatic carbocycles. The number of nitrogens with one attached hydrogen (secondary N) is 1. The van der Waals surface area contributed by atoms with Crippen molar-refractivity contribution in [3.05, 3.63) is 96.0 Å². The summed E-state index contributed by atoms with van der Waals surface area (Å²) in [5.41, 5.74) is 3.33. The van der Waals surface area contributed by atoms with Crippen LogP contribution in [0.4, 0.5) is 10.3 Å². The number of aromatic nitrogens is 2. The molecule has 1 saturated heterocycles. The third-order valence-corrected chi connectivity index (χ3v) is 9.10. The number of hydrogen-bond donors (Lipinski definition) is 1. The third kappa shape index (κ3) is 7.11. The molecule has 1 aliphatic rings. The van der Waals surface area contributed by atoms with Gasteiger partial charge in [0, 0.05) is 50.3 Å². The first-order chi connectivity index (χ1) is 23.4. The number of anilines is 1. The van der Waals surface area contributed by atoms with Gasteiger partial charge < -0.3 is 33.7 Å². The first kappa shape index (κ1) is 32.9. The highest BCUT2D eigenvalue weighted by Crippen LogP contribution is 2.38. The molecule has 48 heavy (non-hydrogen) atoms. The molecular formula is C37H42FN5O5. The quantitative estimate of drug-likeness (QED) is 0.152. The molecule has 1 N–H and O–H groups in total. The molecule has 1 unspecified atom stereocenters. The lowest BCUT2D eigenvalue weighted by Crippen LogP contribution is -2.40. The number of halogens is 1. The van der Waals surface area contributed by atoms with Crippen LogP contribution in [0.5, 0.6) is 17.2 Å². The fraction of sp³-hybridized carbons (Fsp3) is 0.351. The smallest absolute Gasteiger partial charge is 0.253 e. The largest absolute Gasteiger partial charge is 0.493 e. The van der Waals surface area contributed by atoms with Gasteiger partial charge in [0.15, 0.2) is 11.5 Å². The maximum atomic E-state index is 13.9. The summed E-state index contributed by atoms with van der Waals surface area (Å²) in [6, 6.07) is 22.1. The molecule has 1 amide bonds.